The fourth-order valence-electron chi connectivity index (χ4n) is 6.04. The summed E-state index contributed by atoms with van der Waals surface area (Å²) >= 11 is 0. The molecule has 3 amide bonds. The van der Waals surface area contributed by atoms with Gasteiger partial charge < -0.3 is 25.2 Å². The summed E-state index contributed by atoms with van der Waals surface area (Å²) in [6, 6.07) is 7.94. The van der Waals surface area contributed by atoms with Gasteiger partial charge in [0, 0.05) is 20.2 Å². The predicted octanol–water partition coefficient (Wildman–Crippen LogP) is 5.82. The molecular weight excluding hydrogens is 567 g/mol. The first-order chi connectivity index (χ1) is 20.6. The van der Waals surface area contributed by atoms with Crippen LogP contribution in [0.25, 0.3) is 0 Å². The van der Waals surface area contributed by atoms with E-state index in [4.69, 9.17) is 9.26 Å². The van der Waals surface area contributed by atoms with Crippen LogP contribution in [0.2, 0.25) is 0 Å². The largest absolute Gasteiger partial charge is 0.445 e. The molecule has 0 bridgehead atoms. The van der Waals surface area contributed by atoms with Crippen molar-refractivity contribution in [1.29, 1.82) is 0 Å². The van der Waals surface area contributed by atoms with Crippen molar-refractivity contribution in [1.82, 2.24) is 20.6 Å². The number of amides is 3. The second-order valence-electron chi connectivity index (χ2n) is 12.5. The summed E-state index contributed by atoms with van der Waals surface area (Å²) in [6.45, 7) is 8.96. The molecule has 11 heteroatoms. The number of rotatable bonds is 15. The fourth-order valence-corrected chi connectivity index (χ4v) is 8.73. The van der Waals surface area contributed by atoms with Crippen LogP contribution in [0.4, 0.5) is 4.79 Å². The lowest BCUT2D eigenvalue weighted by atomic mass is 9.87. The fraction of sp³-hybridized carbons (Fsp3) is 0.719. The van der Waals surface area contributed by atoms with E-state index in [1.54, 1.807) is 4.67 Å². The van der Waals surface area contributed by atoms with E-state index in [1.807, 2.05) is 58.0 Å². The molecule has 3 rings (SSSR count). The molecule has 2 unspecified atom stereocenters. The minimum absolute atomic E-state index is 0.0831. The van der Waals surface area contributed by atoms with Crippen LogP contribution in [0.5, 0.6) is 0 Å². The lowest BCUT2D eigenvalue weighted by Crippen LogP contribution is -2.55. The Kier molecular flexibility index (Phi) is 14.0. The summed E-state index contributed by atoms with van der Waals surface area (Å²) < 4.78 is 27.8. The van der Waals surface area contributed by atoms with Gasteiger partial charge >= 0.3 is 6.09 Å². The van der Waals surface area contributed by atoms with Crippen LogP contribution in [0.15, 0.2) is 30.3 Å². The van der Waals surface area contributed by atoms with Gasteiger partial charge in [-0.25, -0.2) is 9.46 Å². The highest BCUT2D eigenvalue weighted by atomic mass is 31.2. The summed E-state index contributed by atoms with van der Waals surface area (Å²) in [5, 5.41) is 8.81. The Morgan fingerprint density at radius 2 is 1.70 bits per heavy atom. The SMILES string of the molecule is CC[C@H](C)[C@H](NC(=O)[C@@H]1CCCN1P(=O)(OC)C(CC1CCCCC1)NC(=O)OCc1ccccc1)C(=O)NCC(C)C. The molecular formula is C32H53N4O6P. The van der Waals surface area contributed by atoms with Gasteiger partial charge in [-0.15, -0.1) is 0 Å². The maximum atomic E-state index is 14.8. The molecule has 0 spiro atoms. The molecule has 242 valence electrons. The van der Waals surface area contributed by atoms with Crippen molar-refractivity contribution in [3.8, 4) is 0 Å². The molecule has 1 aromatic rings. The van der Waals surface area contributed by atoms with Gasteiger partial charge in [-0.2, -0.15) is 0 Å². The molecule has 1 aliphatic carbocycles. The first-order valence-electron chi connectivity index (χ1n) is 16.1. The number of benzene rings is 1. The summed E-state index contributed by atoms with van der Waals surface area (Å²) in [5.41, 5.74) is 0.848. The van der Waals surface area contributed by atoms with Crippen LogP contribution in [0.1, 0.15) is 91.0 Å². The van der Waals surface area contributed by atoms with Crippen LogP contribution >= 0.6 is 7.52 Å². The Labute approximate surface area is 257 Å². The van der Waals surface area contributed by atoms with Crippen molar-refractivity contribution in [3.05, 3.63) is 35.9 Å². The third-order valence-corrected chi connectivity index (χ3v) is 11.6. The number of nitrogens with one attached hydrogen (secondary N) is 3. The minimum Gasteiger partial charge on any atom is -0.445 e. The topological polar surface area (TPSA) is 126 Å². The van der Waals surface area contributed by atoms with Crippen LogP contribution in [-0.4, -0.2) is 60.6 Å². The van der Waals surface area contributed by atoms with Gasteiger partial charge in [0.1, 0.15) is 18.4 Å². The Morgan fingerprint density at radius 1 is 1.00 bits per heavy atom. The molecule has 1 heterocycles. The van der Waals surface area contributed by atoms with Crippen molar-refractivity contribution in [2.75, 3.05) is 20.2 Å². The number of ether oxygens (including phenoxy) is 1. The van der Waals surface area contributed by atoms with Crippen LogP contribution < -0.4 is 16.0 Å². The quantitative estimate of drug-likeness (QED) is 0.211. The highest BCUT2D eigenvalue weighted by Gasteiger charge is 2.49. The van der Waals surface area contributed by atoms with Crippen molar-refractivity contribution in [3.63, 3.8) is 0 Å². The molecule has 2 aliphatic rings. The first kappa shape index (κ1) is 35.1. The predicted molar refractivity (Wildman–Crippen MR) is 168 cm³/mol. The molecule has 3 N–H and O–H groups in total. The number of alkyl carbamates (subject to hydrolysis) is 1. The van der Waals surface area contributed by atoms with Crippen LogP contribution in [0, 0.1) is 17.8 Å². The average molecular weight is 621 g/mol. The third-order valence-electron chi connectivity index (χ3n) is 8.80. The Hall–Kier alpha value is -2.42. The highest BCUT2D eigenvalue weighted by molar-refractivity contribution is 7.57. The zero-order chi connectivity index (χ0) is 31.4. The van der Waals surface area contributed by atoms with Crippen LogP contribution in [-0.2, 0) is 30.0 Å². The third kappa shape index (κ3) is 10.0. The van der Waals surface area contributed by atoms with Gasteiger partial charge in [0.25, 0.3) is 7.52 Å². The number of hydrogen-bond acceptors (Lipinski definition) is 6. The molecule has 1 aliphatic heterocycles. The second kappa shape index (κ2) is 17.2. The van der Waals surface area contributed by atoms with E-state index in [-0.39, 0.29) is 36.2 Å². The van der Waals surface area contributed by atoms with E-state index in [2.05, 4.69) is 16.0 Å². The average Bonchev–Trinajstić information content (AvgIpc) is 3.52. The lowest BCUT2D eigenvalue weighted by Gasteiger charge is -2.38. The zero-order valence-corrected chi connectivity index (χ0v) is 27.6. The Morgan fingerprint density at radius 3 is 2.33 bits per heavy atom. The van der Waals surface area contributed by atoms with Crippen LogP contribution in [0.3, 0.4) is 0 Å². The highest BCUT2D eigenvalue weighted by Crippen LogP contribution is 2.59. The maximum Gasteiger partial charge on any atom is 0.408 e. The molecule has 0 aromatic heterocycles. The maximum absolute atomic E-state index is 14.8. The second-order valence-corrected chi connectivity index (χ2v) is 15.2. The molecule has 10 nitrogen and oxygen atoms in total. The minimum atomic E-state index is -3.75. The van der Waals surface area contributed by atoms with Crippen molar-refractivity contribution in [2.24, 2.45) is 17.8 Å². The van der Waals surface area contributed by atoms with Crippen molar-refractivity contribution >= 4 is 25.4 Å². The van der Waals surface area contributed by atoms with Crippen molar-refractivity contribution in [2.45, 2.75) is 110 Å². The normalized spacial score (nSPS) is 21.4. The molecule has 1 saturated heterocycles. The summed E-state index contributed by atoms with van der Waals surface area (Å²) in [4.78, 5) is 39.9. The van der Waals surface area contributed by atoms with Gasteiger partial charge in [-0.1, -0.05) is 96.6 Å². The number of carbonyl (C=O) groups excluding carboxylic acids is 3. The Bertz CT molecular complexity index is 1080. The first-order valence-corrected chi connectivity index (χ1v) is 17.7. The smallest absolute Gasteiger partial charge is 0.408 e. The van der Waals surface area contributed by atoms with Gasteiger partial charge in [0.2, 0.25) is 11.8 Å². The van der Waals surface area contributed by atoms with Gasteiger partial charge in [0.05, 0.1) is 6.04 Å². The lowest BCUT2D eigenvalue weighted by molar-refractivity contribution is -0.132. The summed E-state index contributed by atoms with van der Waals surface area (Å²) in [6.07, 6.45) is 7.00. The van der Waals surface area contributed by atoms with E-state index < -0.39 is 31.5 Å². The van der Waals surface area contributed by atoms with Crippen molar-refractivity contribution < 1.29 is 28.2 Å². The number of carbonyl (C=O) groups is 3. The van der Waals surface area contributed by atoms with Gasteiger partial charge in [-0.05, 0) is 42.6 Å². The number of hydrogen-bond donors (Lipinski definition) is 3. The standard InChI is InChI=1S/C32H53N4O6P/c1-6-24(4)29(31(38)33-21-23(2)3)35-30(37)27-18-13-19-36(27)43(40,41-5)28(20-25-14-9-7-10-15-25)34-32(39)42-22-26-16-11-8-12-17-26/h8,11-12,16-17,23-25,27-29H,6-7,9-10,13-15,18-22H2,1-5H3,(H,33,38)(H,34,39)(H,35,37)/t24-,27-,28?,29-,43?/m0/s1. The summed E-state index contributed by atoms with van der Waals surface area (Å²) in [5.74, 6) is -0.914. The van der Waals surface area contributed by atoms with E-state index >= 15 is 0 Å². The van der Waals surface area contributed by atoms with E-state index in [1.165, 1.54) is 13.5 Å². The van der Waals surface area contributed by atoms with E-state index in [9.17, 15) is 18.9 Å². The Balaban J connectivity index is 1.80. The zero-order valence-electron chi connectivity index (χ0n) is 26.7. The van der Waals surface area contributed by atoms with E-state index in [0.29, 0.717) is 38.8 Å². The van der Waals surface area contributed by atoms with E-state index in [0.717, 1.165) is 31.2 Å². The molecule has 0 radical (unpaired) electrons. The molecule has 1 aromatic carbocycles. The summed E-state index contributed by atoms with van der Waals surface area (Å²) in [7, 11) is -2.36. The molecule has 43 heavy (non-hydrogen) atoms. The molecule has 5 atom stereocenters. The van der Waals surface area contributed by atoms with Gasteiger partial charge in [0.15, 0.2) is 0 Å². The molecule has 2 fully saturated rings. The number of nitrogens with zero attached hydrogens (tertiary/aromatic N) is 1. The monoisotopic (exact) mass is 620 g/mol. The molecule has 1 saturated carbocycles. The van der Waals surface area contributed by atoms with Gasteiger partial charge in [-0.3, -0.25) is 14.2 Å².